The monoisotopic (exact) mass is 382 g/mol. The predicted molar refractivity (Wildman–Crippen MR) is 102 cm³/mol. The Kier molecular flexibility index (Phi) is 6.26. The van der Waals surface area contributed by atoms with Crippen LogP contribution in [0, 0.1) is 0 Å². The summed E-state index contributed by atoms with van der Waals surface area (Å²) in [5, 5.41) is 11.8. The molecule has 0 radical (unpaired) electrons. The number of para-hydroxylation sites is 1. The quantitative estimate of drug-likeness (QED) is 0.725. The van der Waals surface area contributed by atoms with E-state index in [1.165, 1.54) is 12.1 Å². The summed E-state index contributed by atoms with van der Waals surface area (Å²) in [5.41, 5.74) is 0.902. The van der Waals surface area contributed by atoms with Gasteiger partial charge in [0.15, 0.2) is 0 Å². The third kappa shape index (κ3) is 5.33. The number of carbonyl (C=O) groups is 3. The maximum Gasteiger partial charge on any atom is 0.335 e. The molecule has 0 aromatic heterocycles. The first-order valence-electron chi connectivity index (χ1n) is 9.08. The van der Waals surface area contributed by atoms with E-state index in [9.17, 15) is 14.4 Å². The van der Waals surface area contributed by atoms with Crippen LogP contribution in [0.2, 0.25) is 0 Å². The Labute approximate surface area is 162 Å². The van der Waals surface area contributed by atoms with Crippen LogP contribution in [0.4, 0.5) is 0 Å². The van der Waals surface area contributed by atoms with Crippen molar-refractivity contribution in [3.05, 3.63) is 65.7 Å². The summed E-state index contributed by atoms with van der Waals surface area (Å²) in [4.78, 5) is 36.9. The van der Waals surface area contributed by atoms with Crippen molar-refractivity contribution >= 4 is 17.8 Å². The lowest BCUT2D eigenvalue weighted by Gasteiger charge is -2.17. The number of hydrogen-bond acceptors (Lipinski definition) is 4. The Bertz CT molecular complexity index is 836. The zero-order valence-electron chi connectivity index (χ0n) is 15.3. The van der Waals surface area contributed by atoms with Crippen LogP contribution >= 0.6 is 0 Å². The molecule has 1 aliphatic heterocycles. The van der Waals surface area contributed by atoms with Gasteiger partial charge in [0.1, 0.15) is 12.4 Å². The molecule has 1 fully saturated rings. The predicted octanol–water partition coefficient (Wildman–Crippen LogP) is 1.72. The van der Waals surface area contributed by atoms with E-state index >= 15 is 0 Å². The minimum atomic E-state index is -1.00. The maximum absolute atomic E-state index is 12.2. The second-order valence-electron chi connectivity index (χ2n) is 6.65. The third-order valence-corrected chi connectivity index (χ3v) is 4.52. The number of aromatic carboxylic acids is 1. The van der Waals surface area contributed by atoms with Gasteiger partial charge in [0.05, 0.1) is 24.6 Å². The number of benzene rings is 2. The minimum Gasteiger partial charge on any atom is -0.492 e. The number of nitrogens with one attached hydrogen (secondary N) is 1. The minimum absolute atomic E-state index is 0.00669. The van der Waals surface area contributed by atoms with Crippen LogP contribution in [-0.4, -0.2) is 53.5 Å². The highest BCUT2D eigenvalue weighted by Gasteiger charge is 2.30. The van der Waals surface area contributed by atoms with Gasteiger partial charge in [-0.3, -0.25) is 9.59 Å². The average molecular weight is 382 g/mol. The first-order chi connectivity index (χ1) is 13.5. The lowest BCUT2D eigenvalue weighted by molar-refractivity contribution is -0.128. The number of likely N-dealkylation sites (tertiary alicyclic amines) is 1. The molecule has 146 valence electrons. The standard InChI is InChI=1S/C21H22N2O5/c24-19(12-15-6-8-16(9-7-15)21(26)27)22-17-13-20(25)23(14-17)10-11-28-18-4-2-1-3-5-18/h1-9,17H,10-14H2,(H,22,24)(H,26,27). The number of ether oxygens (including phenoxy) is 1. The molecule has 1 unspecified atom stereocenters. The molecule has 0 bridgehead atoms. The lowest BCUT2D eigenvalue weighted by Crippen LogP contribution is -2.38. The molecule has 2 amide bonds. The second-order valence-corrected chi connectivity index (χ2v) is 6.65. The number of hydrogen-bond donors (Lipinski definition) is 2. The molecular weight excluding hydrogens is 360 g/mol. The van der Waals surface area contributed by atoms with E-state index in [2.05, 4.69) is 5.32 Å². The summed E-state index contributed by atoms with van der Waals surface area (Å²) in [7, 11) is 0. The van der Waals surface area contributed by atoms with E-state index in [0.717, 1.165) is 11.3 Å². The molecule has 0 spiro atoms. The SMILES string of the molecule is O=C(Cc1ccc(C(=O)O)cc1)NC1CC(=O)N(CCOc2ccccc2)C1. The molecule has 1 saturated heterocycles. The van der Waals surface area contributed by atoms with Crippen LogP contribution in [0.15, 0.2) is 54.6 Å². The highest BCUT2D eigenvalue weighted by molar-refractivity contribution is 5.88. The van der Waals surface area contributed by atoms with Crippen LogP contribution < -0.4 is 10.1 Å². The number of carboxylic acids is 1. The van der Waals surface area contributed by atoms with Gasteiger partial charge in [-0.2, -0.15) is 0 Å². The van der Waals surface area contributed by atoms with Crippen molar-refractivity contribution < 1.29 is 24.2 Å². The first-order valence-corrected chi connectivity index (χ1v) is 9.08. The fourth-order valence-electron chi connectivity index (χ4n) is 3.10. The summed E-state index contributed by atoms with van der Waals surface area (Å²) in [5.74, 6) is -0.444. The molecule has 1 heterocycles. The van der Waals surface area contributed by atoms with Crippen molar-refractivity contribution in [1.82, 2.24) is 10.2 Å². The molecule has 1 atom stereocenters. The Balaban J connectivity index is 1.43. The van der Waals surface area contributed by atoms with Gasteiger partial charge >= 0.3 is 5.97 Å². The van der Waals surface area contributed by atoms with Gasteiger partial charge in [-0.1, -0.05) is 30.3 Å². The van der Waals surface area contributed by atoms with Gasteiger partial charge in [-0.15, -0.1) is 0 Å². The van der Waals surface area contributed by atoms with E-state index < -0.39 is 5.97 Å². The fraction of sp³-hybridized carbons (Fsp3) is 0.286. The summed E-state index contributed by atoms with van der Waals surface area (Å²) < 4.78 is 5.62. The highest BCUT2D eigenvalue weighted by Crippen LogP contribution is 2.13. The van der Waals surface area contributed by atoms with Crippen LogP contribution in [0.25, 0.3) is 0 Å². The van der Waals surface area contributed by atoms with E-state index in [-0.39, 0.29) is 36.3 Å². The molecule has 0 aliphatic carbocycles. The van der Waals surface area contributed by atoms with Crippen molar-refractivity contribution in [2.24, 2.45) is 0 Å². The summed E-state index contributed by atoms with van der Waals surface area (Å²) in [6, 6.07) is 15.4. The van der Waals surface area contributed by atoms with Gasteiger partial charge in [0.2, 0.25) is 11.8 Å². The fourth-order valence-corrected chi connectivity index (χ4v) is 3.10. The number of nitrogens with zero attached hydrogens (tertiary/aromatic N) is 1. The van der Waals surface area contributed by atoms with Crippen molar-refractivity contribution in [3.63, 3.8) is 0 Å². The average Bonchev–Trinajstić information content (AvgIpc) is 3.02. The Morgan fingerprint density at radius 3 is 2.50 bits per heavy atom. The third-order valence-electron chi connectivity index (χ3n) is 4.52. The zero-order chi connectivity index (χ0) is 19.9. The van der Waals surface area contributed by atoms with Gasteiger partial charge < -0.3 is 20.1 Å². The number of carboxylic acid groups (broad SMARTS) is 1. The summed E-state index contributed by atoms with van der Waals surface area (Å²) in [6.45, 7) is 1.32. The van der Waals surface area contributed by atoms with Crippen LogP contribution in [0.5, 0.6) is 5.75 Å². The highest BCUT2D eigenvalue weighted by atomic mass is 16.5. The van der Waals surface area contributed by atoms with Gasteiger partial charge in [0, 0.05) is 13.0 Å². The largest absolute Gasteiger partial charge is 0.492 e. The molecule has 2 aromatic rings. The summed E-state index contributed by atoms with van der Waals surface area (Å²) >= 11 is 0. The summed E-state index contributed by atoms with van der Waals surface area (Å²) in [6.07, 6.45) is 0.413. The number of carbonyl (C=O) groups excluding carboxylic acids is 2. The second kappa shape index (κ2) is 9.03. The Hall–Kier alpha value is -3.35. The van der Waals surface area contributed by atoms with E-state index in [1.807, 2.05) is 30.3 Å². The van der Waals surface area contributed by atoms with Crippen LogP contribution in [-0.2, 0) is 16.0 Å². The molecule has 3 rings (SSSR count). The molecule has 7 nitrogen and oxygen atoms in total. The van der Waals surface area contributed by atoms with Gasteiger partial charge in [-0.25, -0.2) is 4.79 Å². The van der Waals surface area contributed by atoms with Crippen molar-refractivity contribution in [2.75, 3.05) is 19.7 Å². The van der Waals surface area contributed by atoms with Crippen molar-refractivity contribution in [1.29, 1.82) is 0 Å². The smallest absolute Gasteiger partial charge is 0.335 e. The Morgan fingerprint density at radius 1 is 1.11 bits per heavy atom. The van der Waals surface area contributed by atoms with Gasteiger partial charge in [-0.05, 0) is 29.8 Å². The van der Waals surface area contributed by atoms with Crippen LogP contribution in [0.1, 0.15) is 22.3 Å². The molecule has 1 aliphatic rings. The molecule has 2 aromatic carbocycles. The normalized spacial score (nSPS) is 16.1. The van der Waals surface area contributed by atoms with E-state index in [1.54, 1.807) is 17.0 Å². The molecular formula is C21H22N2O5. The maximum atomic E-state index is 12.2. The molecule has 7 heteroatoms. The zero-order valence-corrected chi connectivity index (χ0v) is 15.3. The van der Waals surface area contributed by atoms with Crippen LogP contribution in [0.3, 0.4) is 0 Å². The topological polar surface area (TPSA) is 95.9 Å². The molecule has 0 saturated carbocycles. The lowest BCUT2D eigenvalue weighted by atomic mass is 10.1. The molecule has 28 heavy (non-hydrogen) atoms. The van der Waals surface area contributed by atoms with E-state index in [0.29, 0.717) is 19.7 Å². The number of rotatable bonds is 8. The van der Waals surface area contributed by atoms with E-state index in [4.69, 9.17) is 9.84 Å². The van der Waals surface area contributed by atoms with Crippen molar-refractivity contribution in [2.45, 2.75) is 18.9 Å². The Morgan fingerprint density at radius 2 is 1.82 bits per heavy atom. The van der Waals surface area contributed by atoms with Gasteiger partial charge in [0.25, 0.3) is 0 Å². The first kappa shape index (κ1) is 19.4. The van der Waals surface area contributed by atoms with Crippen molar-refractivity contribution in [3.8, 4) is 5.75 Å². The number of amides is 2. The molecule has 2 N–H and O–H groups in total.